The summed E-state index contributed by atoms with van der Waals surface area (Å²) in [5.74, 6) is -0.378. The van der Waals surface area contributed by atoms with E-state index in [-0.39, 0.29) is 10.7 Å². The molecule has 7 heteroatoms. The van der Waals surface area contributed by atoms with Crippen molar-refractivity contribution in [3.63, 3.8) is 0 Å². The predicted molar refractivity (Wildman–Crippen MR) is 87.4 cm³/mol. The average Bonchev–Trinajstić information content (AvgIpc) is 2.55. The summed E-state index contributed by atoms with van der Waals surface area (Å²) >= 11 is 5.83. The normalized spacial score (nSPS) is 19.7. The molecular formula is C16H16ClFN2O2S. The van der Waals surface area contributed by atoms with Gasteiger partial charge in [-0.1, -0.05) is 23.7 Å². The van der Waals surface area contributed by atoms with Gasteiger partial charge in [-0.15, -0.1) is 0 Å². The molecule has 1 aliphatic rings. The van der Waals surface area contributed by atoms with Crippen molar-refractivity contribution in [2.75, 3.05) is 19.6 Å². The van der Waals surface area contributed by atoms with Crippen molar-refractivity contribution >= 4 is 21.6 Å². The second-order valence-corrected chi connectivity index (χ2v) is 7.67. The van der Waals surface area contributed by atoms with E-state index in [1.165, 1.54) is 28.6 Å². The second-order valence-electron chi connectivity index (χ2n) is 5.34. The SMILES string of the molecule is O=S(=O)(c1ccc(Cl)cc1)N1CCNCC1c1cccc(F)c1. The van der Waals surface area contributed by atoms with Crippen LogP contribution in [0.2, 0.25) is 5.02 Å². The van der Waals surface area contributed by atoms with Crippen LogP contribution < -0.4 is 5.32 Å². The van der Waals surface area contributed by atoms with Crippen molar-refractivity contribution in [2.45, 2.75) is 10.9 Å². The lowest BCUT2D eigenvalue weighted by molar-refractivity contribution is 0.271. The quantitative estimate of drug-likeness (QED) is 0.922. The summed E-state index contributed by atoms with van der Waals surface area (Å²) in [7, 11) is -3.68. The highest BCUT2D eigenvalue weighted by Crippen LogP contribution is 2.29. The van der Waals surface area contributed by atoms with E-state index in [1.54, 1.807) is 24.3 Å². The minimum absolute atomic E-state index is 0.185. The summed E-state index contributed by atoms with van der Waals surface area (Å²) in [4.78, 5) is 0.185. The Balaban J connectivity index is 1.99. The molecule has 0 aromatic heterocycles. The number of hydrogen-bond acceptors (Lipinski definition) is 3. The predicted octanol–water partition coefficient (Wildman–Crippen LogP) is 2.81. The van der Waals surface area contributed by atoms with Crippen molar-refractivity contribution in [3.8, 4) is 0 Å². The summed E-state index contributed by atoms with van der Waals surface area (Å²) in [6.07, 6.45) is 0. The van der Waals surface area contributed by atoms with Gasteiger partial charge >= 0.3 is 0 Å². The highest BCUT2D eigenvalue weighted by molar-refractivity contribution is 7.89. The van der Waals surface area contributed by atoms with E-state index in [0.717, 1.165) is 0 Å². The third-order valence-electron chi connectivity index (χ3n) is 3.85. The number of piperazine rings is 1. The molecule has 122 valence electrons. The van der Waals surface area contributed by atoms with E-state index < -0.39 is 16.1 Å². The molecule has 0 bridgehead atoms. The van der Waals surface area contributed by atoms with Crippen LogP contribution in [-0.4, -0.2) is 32.4 Å². The van der Waals surface area contributed by atoms with E-state index in [2.05, 4.69) is 5.32 Å². The fourth-order valence-corrected chi connectivity index (χ4v) is 4.45. The third kappa shape index (κ3) is 3.40. The first-order valence-electron chi connectivity index (χ1n) is 7.22. The zero-order valence-corrected chi connectivity index (χ0v) is 13.8. The van der Waals surface area contributed by atoms with Gasteiger partial charge in [0.05, 0.1) is 10.9 Å². The Morgan fingerprint density at radius 2 is 1.91 bits per heavy atom. The van der Waals surface area contributed by atoms with Gasteiger partial charge in [-0.3, -0.25) is 0 Å². The average molecular weight is 355 g/mol. The zero-order chi connectivity index (χ0) is 16.4. The Morgan fingerprint density at radius 1 is 1.17 bits per heavy atom. The number of rotatable bonds is 3. The van der Waals surface area contributed by atoms with Gasteiger partial charge < -0.3 is 5.32 Å². The van der Waals surface area contributed by atoms with Crippen LogP contribution in [0.3, 0.4) is 0 Å². The third-order valence-corrected chi connectivity index (χ3v) is 6.02. The van der Waals surface area contributed by atoms with Crippen LogP contribution in [0.25, 0.3) is 0 Å². The molecule has 2 aromatic rings. The van der Waals surface area contributed by atoms with Gasteiger partial charge in [-0.25, -0.2) is 12.8 Å². The van der Waals surface area contributed by atoms with E-state index in [4.69, 9.17) is 11.6 Å². The van der Waals surface area contributed by atoms with Crippen LogP contribution in [0.1, 0.15) is 11.6 Å². The maximum Gasteiger partial charge on any atom is 0.243 e. The molecule has 0 saturated carbocycles. The molecule has 0 spiro atoms. The molecule has 0 radical (unpaired) electrons. The number of halogens is 2. The molecule has 3 rings (SSSR count). The van der Waals surface area contributed by atoms with Crippen LogP contribution in [0, 0.1) is 5.82 Å². The van der Waals surface area contributed by atoms with Crippen LogP contribution in [-0.2, 0) is 10.0 Å². The summed E-state index contributed by atoms with van der Waals surface area (Å²) in [6.45, 7) is 1.32. The molecule has 1 atom stereocenters. The summed E-state index contributed by atoms with van der Waals surface area (Å²) in [5, 5.41) is 3.64. The van der Waals surface area contributed by atoms with Gasteiger partial charge in [0, 0.05) is 24.7 Å². The molecular weight excluding hydrogens is 339 g/mol. The molecule has 2 aromatic carbocycles. The lowest BCUT2D eigenvalue weighted by Crippen LogP contribution is -2.48. The van der Waals surface area contributed by atoms with Crippen molar-refractivity contribution in [2.24, 2.45) is 0 Å². The molecule has 1 fully saturated rings. The summed E-state index contributed by atoms with van der Waals surface area (Å²) in [5.41, 5.74) is 0.634. The Hall–Kier alpha value is -1.47. The minimum atomic E-state index is -3.68. The van der Waals surface area contributed by atoms with E-state index in [9.17, 15) is 12.8 Å². The number of benzene rings is 2. The molecule has 4 nitrogen and oxygen atoms in total. The van der Waals surface area contributed by atoms with E-state index >= 15 is 0 Å². The number of hydrogen-bond donors (Lipinski definition) is 1. The highest BCUT2D eigenvalue weighted by Gasteiger charge is 2.34. The summed E-state index contributed by atoms with van der Waals surface area (Å²) < 4.78 is 40.8. The Kier molecular flexibility index (Phi) is 4.68. The van der Waals surface area contributed by atoms with Gasteiger partial charge in [0.1, 0.15) is 5.82 Å². The maximum atomic E-state index is 13.5. The highest BCUT2D eigenvalue weighted by atomic mass is 35.5. The standard InChI is InChI=1S/C16H16ClFN2O2S/c17-13-4-6-15(7-5-13)23(21,22)20-9-8-19-11-16(20)12-2-1-3-14(18)10-12/h1-7,10,16,19H,8-9,11H2. The van der Waals surface area contributed by atoms with Crippen LogP contribution >= 0.6 is 11.6 Å². The van der Waals surface area contributed by atoms with Gasteiger partial charge in [0.2, 0.25) is 10.0 Å². The Labute approximate surface area is 139 Å². The second kappa shape index (κ2) is 6.57. The molecule has 1 heterocycles. The van der Waals surface area contributed by atoms with Crippen molar-refractivity contribution in [1.29, 1.82) is 0 Å². The van der Waals surface area contributed by atoms with Gasteiger partial charge in [-0.2, -0.15) is 4.31 Å². The van der Waals surface area contributed by atoms with Crippen LogP contribution in [0.4, 0.5) is 4.39 Å². The van der Waals surface area contributed by atoms with Crippen molar-refractivity contribution in [3.05, 3.63) is 64.9 Å². The fourth-order valence-electron chi connectivity index (χ4n) is 2.71. The summed E-state index contributed by atoms with van der Waals surface area (Å²) in [6, 6.07) is 11.7. The first-order chi connectivity index (χ1) is 11.0. The molecule has 1 N–H and O–H groups in total. The molecule has 1 unspecified atom stereocenters. The fraction of sp³-hybridized carbons (Fsp3) is 0.250. The number of nitrogens with zero attached hydrogens (tertiary/aromatic N) is 1. The monoisotopic (exact) mass is 354 g/mol. The topological polar surface area (TPSA) is 49.4 Å². The Bertz CT molecular complexity index is 796. The lowest BCUT2D eigenvalue weighted by atomic mass is 10.1. The zero-order valence-electron chi connectivity index (χ0n) is 12.2. The smallest absolute Gasteiger partial charge is 0.243 e. The largest absolute Gasteiger partial charge is 0.313 e. The van der Waals surface area contributed by atoms with Gasteiger partial charge in [-0.05, 0) is 42.0 Å². The van der Waals surface area contributed by atoms with Crippen LogP contribution in [0.15, 0.2) is 53.4 Å². The lowest BCUT2D eigenvalue weighted by Gasteiger charge is -2.35. The first-order valence-corrected chi connectivity index (χ1v) is 9.04. The molecule has 0 amide bonds. The minimum Gasteiger partial charge on any atom is -0.313 e. The molecule has 0 aliphatic carbocycles. The number of sulfonamides is 1. The first kappa shape index (κ1) is 16.4. The van der Waals surface area contributed by atoms with Crippen molar-refractivity contribution in [1.82, 2.24) is 9.62 Å². The van der Waals surface area contributed by atoms with Crippen LogP contribution in [0.5, 0.6) is 0 Å². The Morgan fingerprint density at radius 3 is 2.61 bits per heavy atom. The molecule has 23 heavy (non-hydrogen) atoms. The van der Waals surface area contributed by atoms with E-state index in [1.807, 2.05) is 0 Å². The number of nitrogens with one attached hydrogen (secondary N) is 1. The van der Waals surface area contributed by atoms with Gasteiger partial charge in [0.25, 0.3) is 0 Å². The maximum absolute atomic E-state index is 13.5. The molecule has 1 saturated heterocycles. The molecule has 1 aliphatic heterocycles. The van der Waals surface area contributed by atoms with E-state index in [0.29, 0.717) is 30.2 Å². The van der Waals surface area contributed by atoms with Gasteiger partial charge in [0.15, 0.2) is 0 Å². The van der Waals surface area contributed by atoms with Crippen molar-refractivity contribution < 1.29 is 12.8 Å².